The minimum absolute atomic E-state index is 0.251. The lowest BCUT2D eigenvalue weighted by molar-refractivity contribution is -0.154. The molecule has 1 aliphatic heterocycles. The van der Waals surface area contributed by atoms with Gasteiger partial charge in [0.05, 0.1) is 11.8 Å². The van der Waals surface area contributed by atoms with Gasteiger partial charge in [0, 0.05) is 5.69 Å². The molecule has 142 valence electrons. The standard InChI is InChI=1S/C20H22N2O5/c1-11-4-2-3-5-14(11)21-15(23)10-27-16(24)9-22-19(25)17-12-6-7-13(8-12)18(17)20(22)26/h2-5,12-13,17-18H,6-10H2,1H3,(H,21,23)/t12-,13-,17-,18-/m0/s1. The molecule has 3 fully saturated rings. The van der Waals surface area contributed by atoms with Crippen LogP contribution in [0, 0.1) is 30.6 Å². The van der Waals surface area contributed by atoms with Crippen molar-refractivity contribution in [3.8, 4) is 0 Å². The zero-order valence-corrected chi connectivity index (χ0v) is 15.1. The molecule has 1 heterocycles. The third kappa shape index (κ3) is 3.11. The predicted octanol–water partition coefficient (Wildman–Crippen LogP) is 1.51. The summed E-state index contributed by atoms with van der Waals surface area (Å²) in [7, 11) is 0. The summed E-state index contributed by atoms with van der Waals surface area (Å²) in [6.45, 7) is 0.986. The van der Waals surface area contributed by atoms with Crippen LogP contribution in [0.15, 0.2) is 24.3 Å². The first-order chi connectivity index (χ1) is 13.0. The van der Waals surface area contributed by atoms with Crippen molar-refractivity contribution in [1.29, 1.82) is 0 Å². The van der Waals surface area contributed by atoms with Gasteiger partial charge in [0.1, 0.15) is 6.54 Å². The molecule has 0 aromatic heterocycles. The fourth-order valence-corrected chi connectivity index (χ4v) is 4.85. The number of likely N-dealkylation sites (tertiary alicyclic amines) is 1. The highest BCUT2D eigenvalue weighted by Crippen LogP contribution is 2.56. The highest BCUT2D eigenvalue weighted by Gasteiger charge is 2.61. The highest BCUT2D eigenvalue weighted by molar-refractivity contribution is 6.08. The number of benzene rings is 1. The summed E-state index contributed by atoms with van der Waals surface area (Å²) in [5, 5.41) is 2.67. The van der Waals surface area contributed by atoms with Gasteiger partial charge in [-0.05, 0) is 49.7 Å². The molecule has 1 N–H and O–H groups in total. The van der Waals surface area contributed by atoms with Crippen LogP contribution in [0.5, 0.6) is 0 Å². The van der Waals surface area contributed by atoms with Crippen molar-refractivity contribution < 1.29 is 23.9 Å². The summed E-state index contributed by atoms with van der Waals surface area (Å²) in [5.74, 6) is -1.68. The minimum atomic E-state index is -0.746. The van der Waals surface area contributed by atoms with Crippen LogP contribution in [0.1, 0.15) is 24.8 Å². The fourth-order valence-electron chi connectivity index (χ4n) is 4.85. The summed E-state index contributed by atoms with van der Waals surface area (Å²) in [6.07, 6.45) is 2.93. The van der Waals surface area contributed by atoms with E-state index < -0.39 is 25.0 Å². The Morgan fingerprint density at radius 1 is 1.11 bits per heavy atom. The Labute approximate surface area is 157 Å². The summed E-state index contributed by atoms with van der Waals surface area (Å²) >= 11 is 0. The minimum Gasteiger partial charge on any atom is -0.454 e. The van der Waals surface area contributed by atoms with Crippen LogP contribution < -0.4 is 5.32 Å². The average molecular weight is 370 g/mol. The highest BCUT2D eigenvalue weighted by atomic mass is 16.5. The third-order valence-corrected chi connectivity index (χ3v) is 6.09. The number of anilines is 1. The van der Waals surface area contributed by atoms with Crippen LogP contribution in [-0.4, -0.2) is 41.7 Å². The second kappa shape index (κ2) is 6.79. The maximum Gasteiger partial charge on any atom is 0.326 e. The molecule has 0 spiro atoms. The van der Waals surface area contributed by atoms with Gasteiger partial charge in [-0.2, -0.15) is 0 Å². The molecule has 3 aliphatic rings. The number of rotatable bonds is 5. The fraction of sp³-hybridized carbons (Fsp3) is 0.500. The molecular formula is C20H22N2O5. The SMILES string of the molecule is Cc1ccccc1NC(=O)COC(=O)CN1C(=O)[C@H]2[C@H]3CC[C@@H](C3)[C@@H]2C1=O. The third-order valence-electron chi connectivity index (χ3n) is 6.09. The van der Waals surface area contributed by atoms with E-state index in [9.17, 15) is 19.2 Å². The number of carbonyl (C=O) groups excluding carboxylic acids is 4. The number of aryl methyl sites for hydroxylation is 1. The van der Waals surface area contributed by atoms with Crippen molar-refractivity contribution in [1.82, 2.24) is 4.90 Å². The summed E-state index contributed by atoms with van der Waals surface area (Å²) in [4.78, 5) is 50.2. The number of nitrogens with one attached hydrogen (secondary N) is 1. The van der Waals surface area contributed by atoms with E-state index in [1.54, 1.807) is 12.1 Å². The molecule has 3 amide bonds. The molecule has 1 saturated heterocycles. The van der Waals surface area contributed by atoms with Crippen LogP contribution in [0.4, 0.5) is 5.69 Å². The van der Waals surface area contributed by atoms with Crippen molar-refractivity contribution in [2.75, 3.05) is 18.5 Å². The zero-order valence-electron chi connectivity index (χ0n) is 15.1. The van der Waals surface area contributed by atoms with Crippen LogP contribution in [0.3, 0.4) is 0 Å². The van der Waals surface area contributed by atoms with E-state index in [-0.39, 0.29) is 35.5 Å². The van der Waals surface area contributed by atoms with Crippen LogP contribution in [0.2, 0.25) is 0 Å². The molecule has 1 aromatic carbocycles. The van der Waals surface area contributed by atoms with E-state index >= 15 is 0 Å². The largest absolute Gasteiger partial charge is 0.454 e. The van der Waals surface area contributed by atoms with Gasteiger partial charge in [0.2, 0.25) is 11.8 Å². The maximum absolute atomic E-state index is 12.6. The van der Waals surface area contributed by atoms with Gasteiger partial charge in [-0.3, -0.25) is 24.1 Å². The van der Waals surface area contributed by atoms with Gasteiger partial charge in [0.25, 0.3) is 5.91 Å². The molecule has 2 saturated carbocycles. The second-order valence-corrected chi connectivity index (χ2v) is 7.67. The van der Waals surface area contributed by atoms with Crippen molar-refractivity contribution in [2.45, 2.75) is 26.2 Å². The van der Waals surface area contributed by atoms with E-state index in [1.165, 1.54) is 0 Å². The maximum atomic E-state index is 12.6. The lowest BCUT2D eigenvalue weighted by Crippen LogP contribution is -2.38. The monoisotopic (exact) mass is 370 g/mol. The Hall–Kier alpha value is -2.70. The lowest BCUT2D eigenvalue weighted by atomic mass is 9.81. The Balaban J connectivity index is 1.30. The first-order valence-corrected chi connectivity index (χ1v) is 9.32. The van der Waals surface area contributed by atoms with Gasteiger partial charge in [-0.1, -0.05) is 18.2 Å². The molecule has 2 aliphatic carbocycles. The van der Waals surface area contributed by atoms with Gasteiger partial charge in [-0.25, -0.2) is 0 Å². The molecule has 0 radical (unpaired) electrons. The van der Waals surface area contributed by atoms with Gasteiger partial charge >= 0.3 is 5.97 Å². The average Bonchev–Trinajstić information content (AvgIpc) is 3.32. The number of fused-ring (bicyclic) bond motifs is 5. The molecule has 27 heavy (non-hydrogen) atoms. The van der Waals surface area contributed by atoms with Gasteiger partial charge < -0.3 is 10.1 Å². The van der Waals surface area contributed by atoms with Crippen LogP contribution in [-0.2, 0) is 23.9 Å². The molecule has 4 atom stereocenters. The number of hydrogen-bond acceptors (Lipinski definition) is 5. The molecular weight excluding hydrogens is 348 g/mol. The van der Waals surface area contributed by atoms with Gasteiger partial charge in [0.15, 0.2) is 6.61 Å². The predicted molar refractivity (Wildman–Crippen MR) is 95.3 cm³/mol. The Morgan fingerprint density at radius 2 is 1.74 bits per heavy atom. The van der Waals surface area contributed by atoms with Crippen molar-refractivity contribution >= 4 is 29.4 Å². The Bertz CT molecular complexity index is 792. The molecule has 1 aromatic rings. The van der Waals surface area contributed by atoms with Crippen LogP contribution >= 0.6 is 0 Å². The second-order valence-electron chi connectivity index (χ2n) is 7.67. The van der Waals surface area contributed by atoms with E-state index in [2.05, 4.69) is 5.32 Å². The molecule has 0 unspecified atom stereocenters. The number of carbonyl (C=O) groups is 4. The first-order valence-electron chi connectivity index (χ1n) is 9.32. The number of esters is 1. The number of ether oxygens (including phenoxy) is 1. The van der Waals surface area contributed by atoms with Crippen molar-refractivity contribution in [2.24, 2.45) is 23.7 Å². The lowest BCUT2D eigenvalue weighted by Gasteiger charge is -2.19. The molecule has 7 heteroatoms. The van der Waals surface area contributed by atoms with E-state index in [1.807, 2.05) is 19.1 Å². The van der Waals surface area contributed by atoms with E-state index in [4.69, 9.17) is 4.74 Å². The summed E-state index contributed by atoms with van der Waals surface area (Å²) in [6, 6.07) is 7.26. The Kier molecular flexibility index (Phi) is 4.45. The number of nitrogens with zero attached hydrogens (tertiary/aromatic N) is 1. The van der Waals surface area contributed by atoms with Crippen molar-refractivity contribution in [3.63, 3.8) is 0 Å². The smallest absolute Gasteiger partial charge is 0.326 e. The number of para-hydroxylation sites is 1. The van der Waals surface area contributed by atoms with E-state index in [0.717, 1.165) is 29.7 Å². The Morgan fingerprint density at radius 3 is 2.37 bits per heavy atom. The number of imide groups is 1. The number of hydrogen-bond donors (Lipinski definition) is 1. The van der Waals surface area contributed by atoms with Crippen LogP contribution in [0.25, 0.3) is 0 Å². The topological polar surface area (TPSA) is 92.8 Å². The molecule has 7 nitrogen and oxygen atoms in total. The quantitative estimate of drug-likeness (QED) is 0.626. The van der Waals surface area contributed by atoms with Crippen molar-refractivity contribution in [3.05, 3.63) is 29.8 Å². The first kappa shape index (κ1) is 17.7. The number of amides is 3. The zero-order chi connectivity index (χ0) is 19.1. The van der Waals surface area contributed by atoms with E-state index in [0.29, 0.717) is 5.69 Å². The van der Waals surface area contributed by atoms with Gasteiger partial charge in [-0.15, -0.1) is 0 Å². The summed E-state index contributed by atoms with van der Waals surface area (Å²) in [5.41, 5.74) is 1.54. The molecule has 2 bridgehead atoms. The molecule has 4 rings (SSSR count). The summed E-state index contributed by atoms with van der Waals surface area (Å²) < 4.78 is 4.97. The normalized spacial score (nSPS) is 28.4.